The highest BCUT2D eigenvalue weighted by Crippen LogP contribution is 2.28. The SMILES string of the molecule is Cc1cccc(C)c1NC(=O)CN(C)C(=O)C[NH+]1CCC[C@@H]2CCCC[C@@H]21. The second kappa shape index (κ2) is 8.87. The van der Waals surface area contributed by atoms with Gasteiger partial charge in [0.2, 0.25) is 5.91 Å². The van der Waals surface area contributed by atoms with Crippen molar-refractivity contribution in [2.75, 3.05) is 32.0 Å². The van der Waals surface area contributed by atoms with E-state index in [-0.39, 0.29) is 18.4 Å². The van der Waals surface area contributed by atoms with E-state index in [1.54, 1.807) is 11.9 Å². The minimum Gasteiger partial charge on any atom is -0.332 e. The van der Waals surface area contributed by atoms with Crippen molar-refractivity contribution in [3.63, 3.8) is 0 Å². The summed E-state index contributed by atoms with van der Waals surface area (Å²) in [5, 5.41) is 2.97. The van der Waals surface area contributed by atoms with Crippen molar-refractivity contribution in [3.05, 3.63) is 29.3 Å². The third-order valence-corrected chi connectivity index (χ3v) is 6.44. The van der Waals surface area contributed by atoms with Crippen LogP contribution in [0.25, 0.3) is 0 Å². The second-order valence-electron chi connectivity index (χ2n) is 8.44. The fourth-order valence-corrected chi connectivity index (χ4v) is 4.91. The summed E-state index contributed by atoms with van der Waals surface area (Å²) in [4.78, 5) is 28.2. The lowest BCUT2D eigenvalue weighted by atomic mass is 9.78. The number of anilines is 1. The molecule has 27 heavy (non-hydrogen) atoms. The number of piperidine rings is 1. The first-order chi connectivity index (χ1) is 13.0. The molecule has 1 aromatic carbocycles. The molecule has 1 saturated heterocycles. The zero-order chi connectivity index (χ0) is 19.4. The number of benzene rings is 1. The molecular formula is C22H34N3O2+. The molecule has 148 valence electrons. The maximum atomic E-state index is 12.7. The van der Waals surface area contributed by atoms with E-state index in [4.69, 9.17) is 0 Å². The van der Waals surface area contributed by atoms with Crippen molar-refractivity contribution >= 4 is 17.5 Å². The molecule has 0 aromatic heterocycles. The van der Waals surface area contributed by atoms with E-state index in [9.17, 15) is 9.59 Å². The maximum absolute atomic E-state index is 12.7. The average molecular weight is 373 g/mol. The van der Waals surface area contributed by atoms with Gasteiger partial charge in [0.05, 0.1) is 19.1 Å². The molecule has 2 aliphatic rings. The van der Waals surface area contributed by atoms with E-state index >= 15 is 0 Å². The molecule has 1 heterocycles. The summed E-state index contributed by atoms with van der Waals surface area (Å²) >= 11 is 0. The smallest absolute Gasteiger partial charge is 0.277 e. The molecule has 5 nitrogen and oxygen atoms in total. The minimum atomic E-state index is -0.132. The highest BCUT2D eigenvalue weighted by atomic mass is 16.2. The van der Waals surface area contributed by atoms with Crippen LogP contribution in [-0.4, -0.2) is 49.4 Å². The summed E-state index contributed by atoms with van der Waals surface area (Å²) in [6, 6.07) is 6.60. The lowest BCUT2D eigenvalue weighted by molar-refractivity contribution is -0.929. The van der Waals surface area contributed by atoms with Crippen molar-refractivity contribution in [3.8, 4) is 0 Å². The monoisotopic (exact) mass is 372 g/mol. The van der Waals surface area contributed by atoms with Crippen molar-refractivity contribution in [2.45, 2.75) is 58.4 Å². The summed E-state index contributed by atoms with van der Waals surface area (Å²) in [6.45, 7) is 5.69. The van der Waals surface area contributed by atoms with Crippen LogP contribution in [0.2, 0.25) is 0 Å². The highest BCUT2D eigenvalue weighted by Gasteiger charge is 2.37. The standard InChI is InChI=1S/C22H33N3O2/c1-16-8-6-9-17(2)22(16)23-20(26)14-24(3)21(27)15-25-13-7-11-18-10-4-5-12-19(18)25/h6,8-9,18-19H,4-5,7,10-15H2,1-3H3,(H,23,26)/p+1/t18-,19-/m0/s1. The van der Waals surface area contributed by atoms with E-state index < -0.39 is 0 Å². The molecule has 3 atom stereocenters. The lowest BCUT2D eigenvalue weighted by Gasteiger charge is -2.41. The number of amides is 2. The number of hydrogen-bond donors (Lipinski definition) is 2. The van der Waals surface area contributed by atoms with E-state index in [0.29, 0.717) is 12.6 Å². The van der Waals surface area contributed by atoms with E-state index in [0.717, 1.165) is 29.3 Å². The molecule has 2 amide bonds. The number of likely N-dealkylation sites (tertiary alicyclic amines) is 1. The van der Waals surface area contributed by atoms with E-state index in [1.807, 2.05) is 32.0 Å². The normalized spacial score (nSPS) is 24.8. The number of quaternary nitrogens is 1. The van der Waals surface area contributed by atoms with Crippen LogP contribution >= 0.6 is 0 Å². The average Bonchev–Trinajstić information content (AvgIpc) is 2.65. The van der Waals surface area contributed by atoms with Crippen LogP contribution in [0.15, 0.2) is 18.2 Å². The maximum Gasteiger partial charge on any atom is 0.277 e. The van der Waals surface area contributed by atoms with Crippen molar-refractivity contribution in [1.29, 1.82) is 0 Å². The molecule has 3 rings (SSSR count). The van der Waals surface area contributed by atoms with Crippen LogP contribution < -0.4 is 10.2 Å². The first-order valence-corrected chi connectivity index (χ1v) is 10.4. The molecule has 1 aliphatic heterocycles. The van der Waals surface area contributed by atoms with Gasteiger partial charge in [0.15, 0.2) is 6.54 Å². The molecule has 1 saturated carbocycles. The second-order valence-corrected chi connectivity index (χ2v) is 8.44. The van der Waals surface area contributed by atoms with Gasteiger partial charge < -0.3 is 15.1 Å². The van der Waals surface area contributed by atoms with Gasteiger partial charge in [-0.25, -0.2) is 0 Å². The zero-order valence-corrected chi connectivity index (χ0v) is 17.0. The molecule has 5 heteroatoms. The molecule has 1 aliphatic carbocycles. The number of likely N-dealkylation sites (N-methyl/N-ethyl adjacent to an activating group) is 1. The van der Waals surface area contributed by atoms with Gasteiger partial charge in [0.25, 0.3) is 5.91 Å². The van der Waals surface area contributed by atoms with Crippen LogP contribution in [0, 0.1) is 19.8 Å². The molecule has 1 unspecified atom stereocenters. The summed E-state index contributed by atoms with van der Waals surface area (Å²) in [5.74, 6) is 0.744. The van der Waals surface area contributed by atoms with Gasteiger partial charge in [0.1, 0.15) is 0 Å². The Balaban J connectivity index is 1.53. The van der Waals surface area contributed by atoms with E-state index in [1.165, 1.54) is 43.4 Å². The van der Waals surface area contributed by atoms with Gasteiger partial charge in [-0.15, -0.1) is 0 Å². The Morgan fingerprint density at radius 1 is 1.11 bits per heavy atom. The first-order valence-electron chi connectivity index (χ1n) is 10.4. The number of fused-ring (bicyclic) bond motifs is 1. The van der Waals surface area contributed by atoms with Gasteiger partial charge >= 0.3 is 0 Å². The van der Waals surface area contributed by atoms with Crippen molar-refractivity contribution < 1.29 is 14.5 Å². The van der Waals surface area contributed by atoms with E-state index in [2.05, 4.69) is 5.32 Å². The first kappa shape index (κ1) is 19.9. The lowest BCUT2D eigenvalue weighted by Crippen LogP contribution is -3.18. The van der Waals surface area contributed by atoms with Crippen LogP contribution in [0.5, 0.6) is 0 Å². The molecule has 0 spiro atoms. The molecule has 2 fully saturated rings. The Morgan fingerprint density at radius 2 is 1.78 bits per heavy atom. The third kappa shape index (κ3) is 4.89. The Morgan fingerprint density at radius 3 is 2.52 bits per heavy atom. The Kier molecular flexibility index (Phi) is 6.53. The molecule has 0 radical (unpaired) electrons. The number of carbonyl (C=O) groups is 2. The summed E-state index contributed by atoms with van der Waals surface area (Å²) in [5.41, 5.74) is 2.94. The molecule has 0 bridgehead atoms. The van der Waals surface area contributed by atoms with Gasteiger partial charge in [-0.05, 0) is 57.1 Å². The summed E-state index contributed by atoms with van der Waals surface area (Å²) < 4.78 is 0. The largest absolute Gasteiger partial charge is 0.332 e. The Bertz CT molecular complexity index is 666. The zero-order valence-electron chi connectivity index (χ0n) is 17.0. The summed E-state index contributed by atoms with van der Waals surface area (Å²) in [6.07, 6.45) is 7.78. The van der Waals surface area contributed by atoms with Crippen molar-refractivity contribution in [2.24, 2.45) is 5.92 Å². The van der Waals surface area contributed by atoms with Gasteiger partial charge in [-0.1, -0.05) is 24.6 Å². The molecular weight excluding hydrogens is 338 g/mol. The number of aryl methyl sites for hydroxylation is 2. The van der Waals surface area contributed by atoms with Gasteiger partial charge in [0, 0.05) is 18.7 Å². The van der Waals surface area contributed by atoms with Crippen molar-refractivity contribution in [1.82, 2.24) is 4.90 Å². The molecule has 1 aromatic rings. The van der Waals surface area contributed by atoms with Gasteiger partial charge in [-0.3, -0.25) is 9.59 Å². The summed E-state index contributed by atoms with van der Waals surface area (Å²) in [7, 11) is 1.74. The fraction of sp³-hybridized carbons (Fsp3) is 0.636. The van der Waals surface area contributed by atoms with Crippen LogP contribution in [0.3, 0.4) is 0 Å². The van der Waals surface area contributed by atoms with Gasteiger partial charge in [-0.2, -0.15) is 0 Å². The number of carbonyl (C=O) groups excluding carboxylic acids is 2. The Labute approximate surface area is 163 Å². The fourth-order valence-electron chi connectivity index (χ4n) is 4.91. The third-order valence-electron chi connectivity index (χ3n) is 6.44. The number of nitrogens with zero attached hydrogens (tertiary/aromatic N) is 1. The number of hydrogen-bond acceptors (Lipinski definition) is 2. The van der Waals surface area contributed by atoms with Crippen LogP contribution in [-0.2, 0) is 9.59 Å². The minimum absolute atomic E-state index is 0.0767. The predicted molar refractivity (Wildman–Crippen MR) is 108 cm³/mol. The highest BCUT2D eigenvalue weighted by molar-refractivity contribution is 5.95. The quantitative estimate of drug-likeness (QED) is 0.830. The number of nitrogens with one attached hydrogen (secondary N) is 2. The Hall–Kier alpha value is -1.88. The number of para-hydroxylation sites is 1. The predicted octanol–water partition coefficient (Wildman–Crippen LogP) is 1.94. The van der Waals surface area contributed by atoms with Crippen LogP contribution in [0.4, 0.5) is 5.69 Å². The van der Waals surface area contributed by atoms with Crippen LogP contribution in [0.1, 0.15) is 49.7 Å². The topological polar surface area (TPSA) is 53.9 Å². The number of rotatable bonds is 5. The molecule has 2 N–H and O–H groups in total.